The highest BCUT2D eigenvalue weighted by molar-refractivity contribution is 7.90. The zero-order valence-electron chi connectivity index (χ0n) is 16.0. The molecule has 158 valence electrons. The van der Waals surface area contributed by atoms with E-state index < -0.39 is 33.3 Å². The summed E-state index contributed by atoms with van der Waals surface area (Å²) in [5.41, 5.74) is -1.59. The van der Waals surface area contributed by atoms with Crippen LogP contribution in [0.15, 0.2) is 41.4 Å². The van der Waals surface area contributed by atoms with Gasteiger partial charge in [0.15, 0.2) is 9.84 Å². The first-order valence-electron chi connectivity index (χ1n) is 9.17. The molecule has 1 fully saturated rings. The third-order valence-electron chi connectivity index (χ3n) is 5.29. The summed E-state index contributed by atoms with van der Waals surface area (Å²) in [5.74, 6) is -0.0436. The molecule has 1 aliphatic rings. The van der Waals surface area contributed by atoms with Gasteiger partial charge in [-0.25, -0.2) is 13.4 Å². The Kier molecular flexibility index (Phi) is 5.66. The summed E-state index contributed by atoms with van der Waals surface area (Å²) >= 11 is 0. The second kappa shape index (κ2) is 7.60. The highest BCUT2D eigenvalue weighted by Gasteiger charge is 2.39. The van der Waals surface area contributed by atoms with Crippen molar-refractivity contribution in [2.45, 2.75) is 55.4 Å². The molecule has 29 heavy (non-hydrogen) atoms. The van der Waals surface area contributed by atoms with Crippen LogP contribution in [0.4, 0.5) is 13.2 Å². The van der Waals surface area contributed by atoms with Crippen molar-refractivity contribution in [1.29, 1.82) is 0 Å². The number of ether oxygens (including phenoxy) is 1. The van der Waals surface area contributed by atoms with E-state index in [1.807, 2.05) is 0 Å². The van der Waals surface area contributed by atoms with Crippen molar-refractivity contribution in [3.8, 4) is 17.0 Å². The zero-order valence-corrected chi connectivity index (χ0v) is 16.8. The van der Waals surface area contributed by atoms with Crippen LogP contribution < -0.4 is 4.74 Å². The van der Waals surface area contributed by atoms with E-state index >= 15 is 0 Å². The van der Waals surface area contributed by atoms with Crippen molar-refractivity contribution in [1.82, 2.24) is 4.98 Å². The van der Waals surface area contributed by atoms with Crippen molar-refractivity contribution >= 4 is 9.84 Å². The highest BCUT2D eigenvalue weighted by atomic mass is 32.2. The topological polar surface area (TPSA) is 76.5 Å². The summed E-state index contributed by atoms with van der Waals surface area (Å²) in [6.07, 6.45) is -0.720. The van der Waals surface area contributed by atoms with Gasteiger partial charge in [-0.05, 0) is 43.5 Å². The molecule has 9 heteroatoms. The van der Waals surface area contributed by atoms with Crippen molar-refractivity contribution in [2.75, 3.05) is 6.26 Å². The first-order chi connectivity index (χ1) is 13.4. The number of halogens is 3. The van der Waals surface area contributed by atoms with Crippen LogP contribution in [0.25, 0.3) is 11.1 Å². The maximum absolute atomic E-state index is 13.2. The third-order valence-corrected chi connectivity index (χ3v) is 6.41. The molecule has 0 spiro atoms. The minimum Gasteiger partial charge on any atom is -0.471 e. The van der Waals surface area contributed by atoms with Gasteiger partial charge < -0.3 is 9.84 Å². The number of aromatic nitrogens is 1. The molecule has 0 radical (unpaired) electrons. The number of benzene rings is 1. The summed E-state index contributed by atoms with van der Waals surface area (Å²) < 4.78 is 68.7. The molecule has 1 N–H and O–H groups in total. The Hall–Kier alpha value is -2.13. The van der Waals surface area contributed by atoms with Crippen LogP contribution in [0.5, 0.6) is 5.88 Å². The van der Waals surface area contributed by atoms with Gasteiger partial charge in [-0.1, -0.05) is 25.0 Å². The number of pyridine rings is 1. The van der Waals surface area contributed by atoms with Gasteiger partial charge in [-0.3, -0.25) is 0 Å². The standard InChI is InChI=1S/C20H22F3NO4S/c1-13(19(25)9-3-4-10-19)28-18-17(11-15(12-24-18)20(21,22)23)14-5-7-16(8-6-14)29(2,26)27/h5-8,11-13,25H,3-4,9-10H2,1-2H3. The molecule has 0 saturated heterocycles. The number of aliphatic hydroxyl groups is 1. The Bertz CT molecular complexity index is 982. The molecule has 5 nitrogen and oxygen atoms in total. The Morgan fingerprint density at radius 2 is 1.76 bits per heavy atom. The lowest BCUT2D eigenvalue weighted by molar-refractivity contribution is -0.137. The van der Waals surface area contributed by atoms with Crippen molar-refractivity contribution in [3.63, 3.8) is 0 Å². The number of nitrogens with zero attached hydrogens (tertiary/aromatic N) is 1. The van der Waals surface area contributed by atoms with Gasteiger partial charge in [0.25, 0.3) is 0 Å². The Morgan fingerprint density at radius 3 is 2.28 bits per heavy atom. The number of sulfone groups is 1. The Labute approximate surface area is 167 Å². The van der Waals surface area contributed by atoms with Gasteiger partial charge in [-0.2, -0.15) is 13.2 Å². The van der Waals surface area contributed by atoms with Crippen LogP contribution in [0.3, 0.4) is 0 Å². The lowest BCUT2D eigenvalue weighted by Gasteiger charge is -2.30. The molecular formula is C20H22F3NO4S. The van der Waals surface area contributed by atoms with E-state index in [-0.39, 0.29) is 16.3 Å². The Morgan fingerprint density at radius 1 is 1.17 bits per heavy atom. The molecule has 1 unspecified atom stereocenters. The molecule has 1 aliphatic carbocycles. The van der Waals surface area contributed by atoms with Crippen LogP contribution in [-0.4, -0.2) is 36.5 Å². The first kappa shape index (κ1) is 21.6. The van der Waals surface area contributed by atoms with E-state index in [2.05, 4.69) is 4.98 Å². The van der Waals surface area contributed by atoms with Crippen molar-refractivity contribution in [3.05, 3.63) is 42.1 Å². The maximum atomic E-state index is 13.2. The quantitative estimate of drug-likeness (QED) is 0.769. The number of hydrogen-bond acceptors (Lipinski definition) is 5. The van der Waals surface area contributed by atoms with Crippen LogP contribution in [-0.2, 0) is 16.0 Å². The third kappa shape index (κ3) is 4.72. The molecule has 1 saturated carbocycles. The highest BCUT2D eigenvalue weighted by Crippen LogP contribution is 2.39. The van der Waals surface area contributed by atoms with E-state index in [9.17, 15) is 26.7 Å². The summed E-state index contributed by atoms with van der Waals surface area (Å²) in [7, 11) is -3.44. The minimum absolute atomic E-state index is 0.0436. The summed E-state index contributed by atoms with van der Waals surface area (Å²) in [6, 6.07) is 6.39. The molecule has 0 aliphatic heterocycles. The van der Waals surface area contributed by atoms with Gasteiger partial charge in [0, 0.05) is 18.0 Å². The lowest BCUT2D eigenvalue weighted by atomic mass is 9.96. The summed E-state index contributed by atoms with van der Waals surface area (Å²) in [6.45, 7) is 1.67. The van der Waals surface area contributed by atoms with Gasteiger partial charge in [-0.15, -0.1) is 0 Å². The Balaban J connectivity index is 2.02. The largest absolute Gasteiger partial charge is 0.471 e. The molecule has 1 aromatic heterocycles. The molecule has 1 heterocycles. The predicted molar refractivity (Wildman–Crippen MR) is 101 cm³/mol. The molecule has 1 aromatic carbocycles. The molecule has 0 bridgehead atoms. The smallest absolute Gasteiger partial charge is 0.417 e. The fourth-order valence-corrected chi connectivity index (χ4v) is 4.09. The van der Waals surface area contributed by atoms with Crippen molar-refractivity contribution in [2.24, 2.45) is 0 Å². The maximum Gasteiger partial charge on any atom is 0.417 e. The molecule has 2 aromatic rings. The van der Waals surface area contributed by atoms with Gasteiger partial charge >= 0.3 is 6.18 Å². The molecule has 3 rings (SSSR count). The first-order valence-corrected chi connectivity index (χ1v) is 11.1. The van der Waals surface area contributed by atoms with E-state index in [0.717, 1.165) is 25.2 Å². The average molecular weight is 429 g/mol. The van der Waals surface area contributed by atoms with E-state index in [1.54, 1.807) is 6.92 Å². The SMILES string of the molecule is CC(Oc1ncc(C(F)(F)F)cc1-c1ccc(S(C)(=O)=O)cc1)C1(O)CCCC1. The zero-order chi connectivity index (χ0) is 21.4. The molecule has 1 atom stereocenters. The van der Waals surface area contributed by atoms with E-state index in [0.29, 0.717) is 24.6 Å². The molecular weight excluding hydrogens is 407 g/mol. The van der Waals surface area contributed by atoms with Crippen LogP contribution >= 0.6 is 0 Å². The fraction of sp³-hybridized carbons (Fsp3) is 0.450. The summed E-state index contributed by atoms with van der Waals surface area (Å²) in [4.78, 5) is 3.92. The van der Waals surface area contributed by atoms with Gasteiger partial charge in [0.05, 0.1) is 10.5 Å². The normalized spacial score (nSPS) is 17.9. The fourth-order valence-electron chi connectivity index (χ4n) is 3.46. The minimum atomic E-state index is -4.59. The van der Waals surface area contributed by atoms with E-state index in [1.165, 1.54) is 24.3 Å². The second-order valence-corrected chi connectivity index (χ2v) is 9.46. The predicted octanol–water partition coefficient (Wildman–Crippen LogP) is 4.24. The molecule has 0 amide bonds. The van der Waals surface area contributed by atoms with E-state index in [4.69, 9.17) is 4.74 Å². The summed E-state index contributed by atoms with van der Waals surface area (Å²) in [5, 5.41) is 10.7. The van der Waals surface area contributed by atoms with Crippen LogP contribution in [0.1, 0.15) is 38.2 Å². The van der Waals surface area contributed by atoms with Gasteiger partial charge in [0.2, 0.25) is 5.88 Å². The number of rotatable bonds is 5. The number of hydrogen-bond donors (Lipinski definition) is 1. The average Bonchev–Trinajstić information content (AvgIpc) is 3.08. The van der Waals surface area contributed by atoms with Gasteiger partial charge in [0.1, 0.15) is 11.7 Å². The second-order valence-electron chi connectivity index (χ2n) is 7.44. The van der Waals surface area contributed by atoms with Crippen LogP contribution in [0.2, 0.25) is 0 Å². The van der Waals surface area contributed by atoms with Crippen LogP contribution in [0, 0.1) is 0 Å². The van der Waals surface area contributed by atoms with Crippen molar-refractivity contribution < 1.29 is 31.4 Å². The lowest BCUT2D eigenvalue weighted by Crippen LogP contribution is -2.41. The number of alkyl halides is 3. The monoisotopic (exact) mass is 429 g/mol.